The lowest BCUT2D eigenvalue weighted by atomic mass is 10.1. The van der Waals surface area contributed by atoms with Gasteiger partial charge in [0.25, 0.3) is 0 Å². The van der Waals surface area contributed by atoms with Crippen molar-refractivity contribution in [3.05, 3.63) is 72.8 Å². The fourth-order valence-electron chi connectivity index (χ4n) is 3.57. The van der Waals surface area contributed by atoms with Crippen LogP contribution < -0.4 is 9.47 Å². The van der Waals surface area contributed by atoms with Gasteiger partial charge in [0.15, 0.2) is 20.7 Å². The summed E-state index contributed by atoms with van der Waals surface area (Å²) in [5.74, 6) is 1.10. The molecule has 0 aliphatic rings. The molecule has 2 nitrogen and oxygen atoms in total. The smallest absolute Gasteiger partial charge is 0.496 e. The molecule has 0 saturated heterocycles. The summed E-state index contributed by atoms with van der Waals surface area (Å²) in [6, 6.07) is 20.3. The molecule has 4 aromatic rings. The fourth-order valence-corrected chi connectivity index (χ4v) is 5.51. The summed E-state index contributed by atoms with van der Waals surface area (Å²) in [5, 5.41) is 2.39. The number of rotatable bonds is 4. The van der Waals surface area contributed by atoms with Crippen LogP contribution in [0.1, 0.15) is 0 Å². The van der Waals surface area contributed by atoms with E-state index in [9.17, 15) is 13.2 Å². The molecule has 4 rings (SSSR count). The van der Waals surface area contributed by atoms with Gasteiger partial charge in [-0.3, -0.25) is 0 Å². The number of alkyl halides is 3. The van der Waals surface area contributed by atoms with Crippen LogP contribution in [-0.4, -0.2) is 19.7 Å². The third kappa shape index (κ3) is 3.38. The molecule has 0 atom stereocenters. The molecule has 4 aromatic carbocycles. The van der Waals surface area contributed by atoms with E-state index in [2.05, 4.69) is 0 Å². The van der Waals surface area contributed by atoms with Crippen LogP contribution in [0, 0.1) is 0 Å². The summed E-state index contributed by atoms with van der Waals surface area (Å²) >= 11 is 0. The van der Waals surface area contributed by atoms with E-state index >= 15 is 0 Å². The summed E-state index contributed by atoms with van der Waals surface area (Å²) in [6.07, 6.45) is 0. The zero-order chi connectivity index (χ0) is 20.6. The maximum atomic E-state index is 14.5. The van der Waals surface area contributed by atoms with Crippen molar-refractivity contribution in [2.75, 3.05) is 14.2 Å². The van der Waals surface area contributed by atoms with Crippen LogP contribution in [0.4, 0.5) is 13.2 Å². The largest absolute Gasteiger partial charge is 0.586 e. The van der Waals surface area contributed by atoms with Gasteiger partial charge >= 0.3 is 5.51 Å². The van der Waals surface area contributed by atoms with Gasteiger partial charge in [-0.05, 0) is 36.4 Å². The topological polar surface area (TPSA) is 18.5 Å². The molecule has 148 valence electrons. The first kappa shape index (κ1) is 19.5. The van der Waals surface area contributed by atoms with Crippen molar-refractivity contribution in [2.24, 2.45) is 0 Å². The van der Waals surface area contributed by atoms with E-state index in [1.165, 1.54) is 26.4 Å². The summed E-state index contributed by atoms with van der Waals surface area (Å²) in [6.45, 7) is 0. The normalized spacial score (nSPS) is 11.9. The highest BCUT2D eigenvalue weighted by molar-refractivity contribution is 7.98. The predicted molar refractivity (Wildman–Crippen MR) is 111 cm³/mol. The lowest BCUT2D eigenvalue weighted by Gasteiger charge is -2.16. The number of hydrogen-bond acceptors (Lipinski definition) is 2. The highest BCUT2D eigenvalue weighted by Gasteiger charge is 2.56. The Hall–Kier alpha value is -2.86. The first-order valence-corrected chi connectivity index (χ1v) is 10.1. The summed E-state index contributed by atoms with van der Waals surface area (Å²) < 4.78 is 54.1. The molecule has 0 saturated carbocycles. The van der Waals surface area contributed by atoms with Crippen molar-refractivity contribution in [3.8, 4) is 11.5 Å². The summed E-state index contributed by atoms with van der Waals surface area (Å²) in [4.78, 5) is 0.452. The van der Waals surface area contributed by atoms with E-state index < -0.39 is 16.4 Å². The Labute approximate surface area is 169 Å². The quantitative estimate of drug-likeness (QED) is 0.351. The van der Waals surface area contributed by atoms with Crippen molar-refractivity contribution < 1.29 is 22.6 Å². The standard InChI is InChI=1S/C23H18F3O2S/c1-27-19-11-13-21(17-9-5-3-7-15(17)19)29(23(24,25)26)22-14-12-20(28-2)16-8-4-6-10-18(16)22/h3-14H,1-2H3/q+1. The number of benzene rings is 4. The van der Waals surface area contributed by atoms with Crippen LogP contribution in [0.15, 0.2) is 82.6 Å². The number of methoxy groups -OCH3 is 2. The maximum absolute atomic E-state index is 14.5. The van der Waals surface area contributed by atoms with Crippen molar-refractivity contribution in [2.45, 2.75) is 15.3 Å². The molecule has 0 aliphatic carbocycles. The molecule has 0 amide bonds. The second kappa shape index (κ2) is 7.52. The average molecular weight is 415 g/mol. The van der Waals surface area contributed by atoms with Gasteiger partial charge < -0.3 is 9.47 Å². The molecule has 0 fully saturated rings. The molecule has 0 spiro atoms. The van der Waals surface area contributed by atoms with Gasteiger partial charge in [-0.1, -0.05) is 36.4 Å². The Bertz CT molecular complexity index is 1100. The molecule has 29 heavy (non-hydrogen) atoms. The van der Waals surface area contributed by atoms with Crippen molar-refractivity contribution in [1.82, 2.24) is 0 Å². The van der Waals surface area contributed by atoms with Crippen LogP contribution >= 0.6 is 0 Å². The highest BCUT2D eigenvalue weighted by atomic mass is 32.2. The van der Waals surface area contributed by atoms with Crippen LogP contribution in [-0.2, 0) is 10.9 Å². The Morgan fingerprint density at radius 3 is 1.31 bits per heavy atom. The number of hydrogen-bond donors (Lipinski definition) is 0. The Morgan fingerprint density at radius 2 is 0.966 bits per heavy atom. The van der Waals surface area contributed by atoms with Gasteiger partial charge in [-0.2, -0.15) is 0 Å². The zero-order valence-corrected chi connectivity index (χ0v) is 16.6. The lowest BCUT2D eigenvalue weighted by molar-refractivity contribution is -0.0369. The Kier molecular flexibility index (Phi) is 5.04. The van der Waals surface area contributed by atoms with E-state index in [-0.39, 0.29) is 9.79 Å². The van der Waals surface area contributed by atoms with Crippen molar-refractivity contribution in [3.63, 3.8) is 0 Å². The summed E-state index contributed by atoms with van der Waals surface area (Å²) in [5.41, 5.74) is -4.45. The maximum Gasteiger partial charge on any atom is 0.586 e. The first-order valence-electron chi connectivity index (χ1n) is 8.88. The van der Waals surface area contributed by atoms with E-state index in [4.69, 9.17) is 9.47 Å². The minimum absolute atomic E-state index is 0.226. The average Bonchev–Trinajstić information content (AvgIpc) is 2.73. The third-order valence-corrected chi connectivity index (χ3v) is 6.85. The van der Waals surface area contributed by atoms with E-state index in [0.29, 0.717) is 33.0 Å². The van der Waals surface area contributed by atoms with E-state index in [0.717, 1.165) is 0 Å². The molecule has 0 aromatic heterocycles. The number of ether oxygens (including phenoxy) is 2. The molecule has 0 radical (unpaired) electrons. The fraction of sp³-hybridized carbons (Fsp3) is 0.130. The molecule has 0 N–H and O–H groups in total. The van der Waals surface area contributed by atoms with Gasteiger partial charge in [0.1, 0.15) is 11.5 Å². The monoisotopic (exact) mass is 415 g/mol. The molecule has 0 heterocycles. The van der Waals surface area contributed by atoms with Crippen molar-refractivity contribution >= 4 is 32.4 Å². The SMILES string of the molecule is COc1ccc([S+](c2ccc(OC)c3ccccc23)C(F)(F)F)c2ccccc12. The van der Waals surface area contributed by atoms with Gasteiger partial charge in [0, 0.05) is 21.5 Å². The molecule has 0 bridgehead atoms. The number of halogens is 3. The van der Waals surface area contributed by atoms with Crippen LogP contribution in [0.25, 0.3) is 21.5 Å². The van der Waals surface area contributed by atoms with Gasteiger partial charge in [-0.15, -0.1) is 13.2 Å². The molecular weight excluding hydrogens is 397 g/mol. The van der Waals surface area contributed by atoms with E-state index in [1.54, 1.807) is 60.7 Å². The van der Waals surface area contributed by atoms with Gasteiger partial charge in [-0.25, -0.2) is 0 Å². The predicted octanol–water partition coefficient (Wildman–Crippen LogP) is 6.57. The minimum atomic E-state index is -4.45. The molecule has 6 heteroatoms. The second-order valence-corrected chi connectivity index (χ2v) is 8.33. The van der Waals surface area contributed by atoms with Crippen LogP contribution in [0.5, 0.6) is 11.5 Å². The Morgan fingerprint density at radius 1 is 0.586 bits per heavy atom. The Balaban J connectivity index is 2.05. The van der Waals surface area contributed by atoms with Crippen LogP contribution in [0.3, 0.4) is 0 Å². The van der Waals surface area contributed by atoms with Gasteiger partial charge in [0.05, 0.1) is 14.2 Å². The van der Waals surface area contributed by atoms with E-state index in [1.807, 2.05) is 0 Å². The zero-order valence-electron chi connectivity index (χ0n) is 15.8. The second-order valence-electron chi connectivity index (χ2n) is 6.38. The first-order chi connectivity index (χ1) is 14.0. The van der Waals surface area contributed by atoms with Crippen molar-refractivity contribution in [1.29, 1.82) is 0 Å². The minimum Gasteiger partial charge on any atom is -0.496 e. The molecule has 0 aliphatic heterocycles. The highest BCUT2D eigenvalue weighted by Crippen LogP contribution is 2.45. The molecule has 0 unspecified atom stereocenters. The summed E-state index contributed by atoms with van der Waals surface area (Å²) in [7, 11) is 0.882. The third-order valence-electron chi connectivity index (χ3n) is 4.80. The lowest BCUT2D eigenvalue weighted by Crippen LogP contribution is -2.25. The van der Waals surface area contributed by atoms with Gasteiger partial charge in [0.2, 0.25) is 0 Å². The number of fused-ring (bicyclic) bond motifs is 2. The van der Waals surface area contributed by atoms with Crippen LogP contribution in [0.2, 0.25) is 0 Å². The molecular formula is C23H18F3O2S+.